The minimum Gasteiger partial charge on any atom is -0.508 e. The molecule has 0 atom stereocenters. The van der Waals surface area contributed by atoms with E-state index in [0.717, 1.165) is 0 Å². The number of benzene rings is 1. The Morgan fingerprint density at radius 1 is 1.67 bits per heavy atom. The molecule has 0 fully saturated rings. The second-order valence-corrected chi connectivity index (χ2v) is 2.10. The van der Waals surface area contributed by atoms with Crippen molar-refractivity contribution in [2.75, 3.05) is 0 Å². The molecule has 0 radical (unpaired) electrons. The molecule has 1 aromatic rings. The molecular weight excluding hydrogens is 136 g/mol. The highest BCUT2D eigenvalue weighted by Crippen LogP contribution is 2.19. The SMILES string of the molecule is [2H]C([2H])([2H])c1cc(Cl)ccc1O. The summed E-state index contributed by atoms with van der Waals surface area (Å²) in [4.78, 5) is 0. The van der Waals surface area contributed by atoms with Gasteiger partial charge in [-0.05, 0) is 30.6 Å². The van der Waals surface area contributed by atoms with Crippen LogP contribution in [0.5, 0.6) is 5.75 Å². The zero-order chi connectivity index (χ0) is 9.35. The molecule has 0 amide bonds. The third-order valence-electron chi connectivity index (χ3n) is 0.959. The fourth-order valence-electron chi connectivity index (χ4n) is 0.508. The van der Waals surface area contributed by atoms with Crippen LogP contribution in [0.3, 0.4) is 0 Å². The van der Waals surface area contributed by atoms with Crippen LogP contribution in [-0.2, 0) is 0 Å². The van der Waals surface area contributed by atoms with Crippen LogP contribution in [-0.4, -0.2) is 5.11 Å². The molecule has 9 heavy (non-hydrogen) atoms. The van der Waals surface area contributed by atoms with Gasteiger partial charge >= 0.3 is 0 Å². The third kappa shape index (κ3) is 1.36. The third-order valence-corrected chi connectivity index (χ3v) is 1.19. The van der Waals surface area contributed by atoms with Crippen molar-refractivity contribution < 1.29 is 9.22 Å². The molecule has 0 bridgehead atoms. The summed E-state index contributed by atoms with van der Waals surface area (Å²) in [5.41, 5.74) is -0.116. The molecule has 2 heteroatoms. The number of hydrogen-bond donors (Lipinski definition) is 1. The Labute approximate surface area is 63.1 Å². The summed E-state index contributed by atoms with van der Waals surface area (Å²) >= 11 is 5.56. The molecule has 1 aromatic carbocycles. The van der Waals surface area contributed by atoms with E-state index < -0.39 is 6.85 Å². The number of phenolic OH excluding ortho intramolecular Hbond substituents is 1. The second kappa shape index (κ2) is 2.28. The number of aryl methyl sites for hydroxylation is 1. The fraction of sp³-hybridized carbons (Fsp3) is 0.143. The molecule has 0 heterocycles. The second-order valence-electron chi connectivity index (χ2n) is 1.66. The lowest BCUT2D eigenvalue weighted by molar-refractivity contribution is 0.471. The van der Waals surface area contributed by atoms with Crippen LogP contribution in [0.1, 0.15) is 9.68 Å². The predicted octanol–water partition coefficient (Wildman–Crippen LogP) is 2.35. The molecule has 0 saturated carbocycles. The number of phenols is 1. The summed E-state index contributed by atoms with van der Waals surface area (Å²) in [6.45, 7) is -2.31. The first-order valence-electron chi connectivity index (χ1n) is 3.90. The van der Waals surface area contributed by atoms with Crippen molar-refractivity contribution in [1.29, 1.82) is 0 Å². The van der Waals surface area contributed by atoms with Crippen molar-refractivity contribution in [1.82, 2.24) is 0 Å². The van der Waals surface area contributed by atoms with Crippen molar-refractivity contribution in [3.8, 4) is 5.75 Å². The van der Waals surface area contributed by atoms with Gasteiger partial charge in [-0.1, -0.05) is 11.6 Å². The molecule has 0 aliphatic rings. The molecule has 1 rings (SSSR count). The van der Waals surface area contributed by atoms with Gasteiger partial charge in [0.15, 0.2) is 0 Å². The van der Waals surface area contributed by atoms with Gasteiger partial charge in [-0.2, -0.15) is 0 Å². The Balaban J connectivity index is 3.23. The maximum atomic E-state index is 9.15. The van der Waals surface area contributed by atoms with E-state index in [2.05, 4.69) is 0 Å². The molecule has 48 valence electrons. The first-order valence-corrected chi connectivity index (χ1v) is 2.78. The van der Waals surface area contributed by atoms with Crippen LogP contribution >= 0.6 is 11.6 Å². The molecule has 0 aromatic heterocycles. The first kappa shape index (κ1) is 3.47. The zero-order valence-electron chi connectivity index (χ0n) is 7.56. The summed E-state index contributed by atoms with van der Waals surface area (Å²) in [5, 5.41) is 9.46. The number of hydrogen-bond acceptors (Lipinski definition) is 1. The van der Waals surface area contributed by atoms with Crippen LogP contribution in [0.4, 0.5) is 0 Å². The van der Waals surface area contributed by atoms with Gasteiger partial charge in [0, 0.05) is 9.13 Å². The predicted molar refractivity (Wildman–Crippen MR) is 37.9 cm³/mol. The highest BCUT2D eigenvalue weighted by Gasteiger charge is 1.93. The van der Waals surface area contributed by atoms with Crippen LogP contribution in [0.2, 0.25) is 5.02 Å². The van der Waals surface area contributed by atoms with E-state index in [4.69, 9.17) is 20.8 Å². The summed E-state index contributed by atoms with van der Waals surface area (Å²) in [7, 11) is 0. The van der Waals surface area contributed by atoms with E-state index in [1.165, 1.54) is 18.2 Å². The Hall–Kier alpha value is -0.690. The largest absolute Gasteiger partial charge is 0.508 e. The Kier molecular flexibility index (Phi) is 0.878. The van der Waals surface area contributed by atoms with E-state index in [9.17, 15) is 0 Å². The fourth-order valence-corrected chi connectivity index (χ4v) is 0.680. The lowest BCUT2D eigenvalue weighted by Crippen LogP contribution is -1.71. The van der Waals surface area contributed by atoms with Crippen molar-refractivity contribution in [3.05, 3.63) is 28.8 Å². The topological polar surface area (TPSA) is 20.2 Å². The maximum Gasteiger partial charge on any atom is 0.118 e. The highest BCUT2D eigenvalue weighted by molar-refractivity contribution is 6.30. The van der Waals surface area contributed by atoms with Gasteiger partial charge in [-0.25, -0.2) is 0 Å². The molecule has 0 spiro atoms. The molecular formula is C7H7ClO. The lowest BCUT2D eigenvalue weighted by atomic mass is 10.2. The van der Waals surface area contributed by atoms with Crippen LogP contribution in [0.15, 0.2) is 18.2 Å². The van der Waals surface area contributed by atoms with Crippen LogP contribution in [0.25, 0.3) is 0 Å². The minimum atomic E-state index is -2.31. The van der Waals surface area contributed by atoms with Crippen molar-refractivity contribution in [2.24, 2.45) is 0 Å². The van der Waals surface area contributed by atoms with E-state index in [-0.39, 0.29) is 11.3 Å². The van der Waals surface area contributed by atoms with Crippen molar-refractivity contribution in [3.63, 3.8) is 0 Å². The monoisotopic (exact) mass is 145 g/mol. The van der Waals surface area contributed by atoms with E-state index in [1.54, 1.807) is 0 Å². The first-order chi connectivity index (χ1) is 5.41. The normalized spacial score (nSPS) is 15.9. The van der Waals surface area contributed by atoms with E-state index >= 15 is 0 Å². The number of rotatable bonds is 0. The average Bonchev–Trinajstić information content (AvgIpc) is 1.92. The van der Waals surface area contributed by atoms with Crippen LogP contribution < -0.4 is 0 Å². The van der Waals surface area contributed by atoms with Crippen LogP contribution in [0, 0.1) is 6.85 Å². The lowest BCUT2D eigenvalue weighted by Gasteiger charge is -1.95. The Bertz CT molecular complexity index is 295. The summed E-state index contributed by atoms with van der Waals surface area (Å²) in [6, 6.07) is 3.94. The van der Waals surface area contributed by atoms with Gasteiger partial charge in [0.1, 0.15) is 5.75 Å². The Morgan fingerprint density at radius 3 is 3.00 bits per heavy atom. The van der Waals surface area contributed by atoms with E-state index in [1.807, 2.05) is 0 Å². The zero-order valence-corrected chi connectivity index (χ0v) is 5.31. The summed E-state index contributed by atoms with van der Waals surface area (Å²) < 4.78 is 21.1. The van der Waals surface area contributed by atoms with Gasteiger partial charge in [-0.15, -0.1) is 0 Å². The standard InChI is InChI=1S/C7H7ClO/c1-5-4-6(8)2-3-7(5)9/h2-4,9H,1H3/i1D3. The van der Waals surface area contributed by atoms with Crippen molar-refractivity contribution in [2.45, 2.75) is 6.85 Å². The Morgan fingerprint density at radius 2 is 2.44 bits per heavy atom. The highest BCUT2D eigenvalue weighted by atomic mass is 35.5. The molecule has 0 unspecified atom stereocenters. The van der Waals surface area contributed by atoms with Gasteiger partial charge < -0.3 is 5.11 Å². The van der Waals surface area contributed by atoms with Gasteiger partial charge in [0.2, 0.25) is 0 Å². The number of halogens is 1. The van der Waals surface area contributed by atoms with Gasteiger partial charge in [-0.3, -0.25) is 0 Å². The molecule has 0 saturated heterocycles. The quantitative estimate of drug-likeness (QED) is 0.594. The smallest absolute Gasteiger partial charge is 0.118 e. The molecule has 0 aliphatic heterocycles. The molecule has 1 nitrogen and oxygen atoms in total. The van der Waals surface area contributed by atoms with E-state index in [0.29, 0.717) is 5.02 Å². The maximum absolute atomic E-state index is 9.15. The number of aromatic hydroxyl groups is 1. The average molecular weight is 146 g/mol. The molecule has 0 aliphatic carbocycles. The minimum absolute atomic E-state index is 0.116. The van der Waals surface area contributed by atoms with Gasteiger partial charge in [0.05, 0.1) is 0 Å². The van der Waals surface area contributed by atoms with Gasteiger partial charge in [0.25, 0.3) is 0 Å². The molecule has 1 N–H and O–H groups in total. The van der Waals surface area contributed by atoms with Crippen molar-refractivity contribution >= 4 is 11.6 Å². The summed E-state index contributed by atoms with van der Waals surface area (Å²) in [5.74, 6) is -0.251. The summed E-state index contributed by atoms with van der Waals surface area (Å²) in [6.07, 6.45) is 0.